The summed E-state index contributed by atoms with van der Waals surface area (Å²) in [5, 5.41) is 5.89. The van der Waals surface area contributed by atoms with Gasteiger partial charge in [-0.15, -0.1) is 23.1 Å². The van der Waals surface area contributed by atoms with Crippen LogP contribution in [0.2, 0.25) is 0 Å². The Labute approximate surface area is 173 Å². The first kappa shape index (κ1) is 19.5. The normalized spacial score (nSPS) is 19.0. The lowest BCUT2D eigenvalue weighted by Crippen LogP contribution is -2.48. The highest BCUT2D eigenvalue weighted by Gasteiger charge is 2.35. The maximum Gasteiger partial charge on any atom is 0.243 e. The van der Waals surface area contributed by atoms with Crippen LogP contribution in [0.4, 0.5) is 0 Å². The highest BCUT2D eigenvalue weighted by molar-refractivity contribution is 7.99. The Kier molecular flexibility index (Phi) is 6.01. The minimum atomic E-state index is -0.351. The summed E-state index contributed by atoms with van der Waals surface area (Å²) in [5.74, 6) is 1.86. The predicted molar refractivity (Wildman–Crippen MR) is 114 cm³/mol. The summed E-state index contributed by atoms with van der Waals surface area (Å²) in [6.45, 7) is 2.88. The van der Waals surface area contributed by atoms with Crippen LogP contribution in [-0.2, 0) is 22.4 Å². The van der Waals surface area contributed by atoms with E-state index in [2.05, 4.69) is 41.5 Å². The lowest BCUT2D eigenvalue weighted by atomic mass is 10.1. The van der Waals surface area contributed by atoms with Crippen molar-refractivity contribution in [1.29, 1.82) is 0 Å². The zero-order valence-electron chi connectivity index (χ0n) is 16.0. The second-order valence-corrected chi connectivity index (χ2v) is 9.30. The fraction of sp³-hybridized carbons (Fsp3) is 0.476. The average molecular weight is 416 g/mol. The van der Waals surface area contributed by atoms with Crippen LogP contribution >= 0.6 is 23.1 Å². The third kappa shape index (κ3) is 4.58. The number of thiazole rings is 1. The van der Waals surface area contributed by atoms with Crippen molar-refractivity contribution in [3.05, 3.63) is 40.9 Å². The number of benzene rings is 1. The number of nitrogens with zero attached hydrogens (tertiary/aromatic N) is 2. The van der Waals surface area contributed by atoms with Crippen LogP contribution in [-0.4, -0.2) is 45.9 Å². The van der Waals surface area contributed by atoms with Gasteiger partial charge in [-0.25, -0.2) is 4.98 Å². The second-order valence-electron chi connectivity index (χ2n) is 7.44. The van der Waals surface area contributed by atoms with Gasteiger partial charge < -0.3 is 10.2 Å². The Morgan fingerprint density at radius 1 is 1.25 bits per heavy atom. The molecule has 2 aromatic rings. The van der Waals surface area contributed by atoms with Crippen molar-refractivity contribution in [3.63, 3.8) is 0 Å². The van der Waals surface area contributed by atoms with Gasteiger partial charge in [0.15, 0.2) is 0 Å². The molecule has 1 atom stereocenters. The summed E-state index contributed by atoms with van der Waals surface area (Å²) >= 11 is 3.20. The van der Waals surface area contributed by atoms with Crippen LogP contribution < -0.4 is 5.32 Å². The molecule has 28 heavy (non-hydrogen) atoms. The summed E-state index contributed by atoms with van der Waals surface area (Å²) in [4.78, 5) is 31.6. The molecule has 0 radical (unpaired) electrons. The van der Waals surface area contributed by atoms with E-state index in [4.69, 9.17) is 0 Å². The molecule has 1 saturated carbocycles. The number of hydrogen-bond acceptors (Lipinski definition) is 5. The van der Waals surface area contributed by atoms with E-state index < -0.39 is 0 Å². The summed E-state index contributed by atoms with van der Waals surface area (Å²) in [7, 11) is 0. The minimum Gasteiger partial charge on any atom is -0.354 e. The standard InChI is InChI=1S/C21H25N3O2S2/c1-2-14-5-7-16(8-6-14)21-23-17(11-28-21)9-19(25)24-13-27-12-18(24)20(26)22-10-15-3-4-15/h5-8,11,15,18H,2-4,9-10,12-13H2,1H3,(H,22,26). The van der Waals surface area contributed by atoms with E-state index in [0.29, 0.717) is 17.5 Å². The fourth-order valence-corrected chi connectivity index (χ4v) is 5.26. The molecule has 148 valence electrons. The first-order valence-electron chi connectivity index (χ1n) is 9.82. The van der Waals surface area contributed by atoms with Gasteiger partial charge in [0.2, 0.25) is 11.8 Å². The summed E-state index contributed by atoms with van der Waals surface area (Å²) in [5.41, 5.74) is 3.15. The number of rotatable bonds is 7. The Hall–Kier alpha value is -1.86. The molecule has 0 bridgehead atoms. The monoisotopic (exact) mass is 415 g/mol. The molecule has 2 fully saturated rings. The first-order valence-corrected chi connectivity index (χ1v) is 11.9. The number of aryl methyl sites for hydroxylation is 1. The van der Waals surface area contributed by atoms with Gasteiger partial charge in [-0.3, -0.25) is 9.59 Å². The van der Waals surface area contributed by atoms with Crippen LogP contribution in [0.25, 0.3) is 10.6 Å². The molecule has 1 aliphatic carbocycles. The molecule has 4 rings (SSSR count). The zero-order valence-corrected chi connectivity index (χ0v) is 17.7. The van der Waals surface area contributed by atoms with Crippen LogP contribution in [0.3, 0.4) is 0 Å². The molecular formula is C21H25N3O2S2. The molecule has 2 aliphatic rings. The van der Waals surface area contributed by atoms with Gasteiger partial charge in [0.1, 0.15) is 11.0 Å². The van der Waals surface area contributed by atoms with E-state index in [1.54, 1.807) is 28.0 Å². The maximum absolute atomic E-state index is 12.8. The number of carbonyl (C=O) groups is 2. The molecule has 7 heteroatoms. The molecule has 1 N–H and O–H groups in total. The van der Waals surface area contributed by atoms with Crippen LogP contribution in [0.1, 0.15) is 31.0 Å². The fourth-order valence-electron chi connectivity index (χ4n) is 3.25. The topological polar surface area (TPSA) is 62.3 Å². The smallest absolute Gasteiger partial charge is 0.243 e. The second kappa shape index (κ2) is 8.66. The molecule has 1 saturated heterocycles. The predicted octanol–water partition coefficient (Wildman–Crippen LogP) is 3.34. The molecule has 1 aromatic carbocycles. The molecule has 2 amide bonds. The number of nitrogens with one attached hydrogen (secondary N) is 1. The number of aromatic nitrogens is 1. The van der Waals surface area contributed by atoms with E-state index in [0.717, 1.165) is 29.2 Å². The van der Waals surface area contributed by atoms with E-state index >= 15 is 0 Å². The van der Waals surface area contributed by atoms with E-state index in [9.17, 15) is 9.59 Å². The van der Waals surface area contributed by atoms with E-state index in [1.165, 1.54) is 18.4 Å². The van der Waals surface area contributed by atoms with Crippen molar-refractivity contribution < 1.29 is 9.59 Å². The summed E-state index contributed by atoms with van der Waals surface area (Å²) < 4.78 is 0. The Morgan fingerprint density at radius 3 is 2.75 bits per heavy atom. The van der Waals surface area contributed by atoms with E-state index in [1.807, 2.05) is 5.38 Å². The molecular weight excluding hydrogens is 390 g/mol. The van der Waals surface area contributed by atoms with Crippen LogP contribution in [0, 0.1) is 5.92 Å². The molecule has 1 aromatic heterocycles. The van der Waals surface area contributed by atoms with Crippen LogP contribution in [0.5, 0.6) is 0 Å². The number of carbonyl (C=O) groups excluding carboxylic acids is 2. The molecule has 5 nitrogen and oxygen atoms in total. The van der Waals surface area contributed by atoms with Crippen LogP contribution in [0.15, 0.2) is 29.6 Å². The van der Waals surface area contributed by atoms with Crippen molar-refractivity contribution in [3.8, 4) is 10.6 Å². The zero-order chi connectivity index (χ0) is 19.5. The van der Waals surface area contributed by atoms with Crippen molar-refractivity contribution in [1.82, 2.24) is 15.2 Å². The first-order chi connectivity index (χ1) is 13.6. The highest BCUT2D eigenvalue weighted by Crippen LogP contribution is 2.28. The van der Waals surface area contributed by atoms with Gasteiger partial charge in [-0.2, -0.15) is 0 Å². The molecule has 0 spiro atoms. The number of amides is 2. The van der Waals surface area contributed by atoms with E-state index in [-0.39, 0.29) is 24.3 Å². The lowest BCUT2D eigenvalue weighted by molar-refractivity contribution is -0.137. The minimum absolute atomic E-state index is 0.0137. The highest BCUT2D eigenvalue weighted by atomic mass is 32.2. The lowest BCUT2D eigenvalue weighted by Gasteiger charge is -2.22. The van der Waals surface area contributed by atoms with Crippen molar-refractivity contribution >= 4 is 34.9 Å². The summed E-state index contributed by atoms with van der Waals surface area (Å²) in [6, 6.07) is 8.05. The third-order valence-corrected chi connectivity index (χ3v) is 7.21. The SMILES string of the molecule is CCc1ccc(-c2nc(CC(=O)N3CSCC3C(=O)NCC3CC3)cs2)cc1. The number of thioether (sulfide) groups is 1. The van der Waals surface area contributed by atoms with Gasteiger partial charge in [0, 0.05) is 23.2 Å². The Morgan fingerprint density at radius 2 is 2.04 bits per heavy atom. The maximum atomic E-state index is 12.8. The average Bonchev–Trinajstić information content (AvgIpc) is 3.21. The quantitative estimate of drug-likeness (QED) is 0.753. The molecule has 1 unspecified atom stereocenters. The van der Waals surface area contributed by atoms with Gasteiger partial charge in [0.25, 0.3) is 0 Å². The van der Waals surface area contributed by atoms with Gasteiger partial charge in [0.05, 0.1) is 18.0 Å². The Bertz CT molecular complexity index is 846. The van der Waals surface area contributed by atoms with Gasteiger partial charge in [-0.05, 0) is 30.7 Å². The van der Waals surface area contributed by atoms with Crippen molar-refractivity contribution in [2.75, 3.05) is 18.2 Å². The molecule has 2 heterocycles. The van der Waals surface area contributed by atoms with Crippen molar-refractivity contribution in [2.24, 2.45) is 5.92 Å². The summed E-state index contributed by atoms with van der Waals surface area (Å²) in [6.07, 6.45) is 3.67. The van der Waals surface area contributed by atoms with Gasteiger partial charge in [-0.1, -0.05) is 31.2 Å². The Balaban J connectivity index is 1.37. The number of hydrogen-bond donors (Lipinski definition) is 1. The van der Waals surface area contributed by atoms with Gasteiger partial charge >= 0.3 is 0 Å². The molecule has 1 aliphatic heterocycles. The largest absolute Gasteiger partial charge is 0.354 e. The van der Waals surface area contributed by atoms with Crippen molar-refractivity contribution in [2.45, 2.75) is 38.6 Å². The third-order valence-electron chi connectivity index (χ3n) is 5.26.